The van der Waals surface area contributed by atoms with Crippen LogP contribution < -0.4 is 10.1 Å². The Morgan fingerprint density at radius 2 is 2.26 bits per heavy atom. The van der Waals surface area contributed by atoms with Gasteiger partial charge in [0.1, 0.15) is 6.33 Å². The summed E-state index contributed by atoms with van der Waals surface area (Å²) < 4.78 is 20.1. The summed E-state index contributed by atoms with van der Waals surface area (Å²) in [5.74, 6) is 0.607. The zero-order valence-electron chi connectivity index (χ0n) is 11.2. The molecular weight excluding hydrogens is 247 g/mol. The molecule has 1 atom stereocenters. The Morgan fingerprint density at radius 3 is 2.84 bits per heavy atom. The van der Waals surface area contributed by atoms with Gasteiger partial charge in [0.05, 0.1) is 13.7 Å². The Morgan fingerprint density at radius 1 is 1.47 bits per heavy atom. The van der Waals surface area contributed by atoms with E-state index in [2.05, 4.69) is 15.4 Å². The molecule has 0 bridgehead atoms. The van der Waals surface area contributed by atoms with E-state index < -0.39 is 0 Å². The smallest absolute Gasteiger partial charge is 0.165 e. The molecule has 0 spiro atoms. The van der Waals surface area contributed by atoms with Crippen molar-refractivity contribution in [1.82, 2.24) is 20.1 Å². The van der Waals surface area contributed by atoms with Crippen molar-refractivity contribution in [3.63, 3.8) is 0 Å². The minimum absolute atomic E-state index is 0.00390. The summed E-state index contributed by atoms with van der Waals surface area (Å²) in [6, 6.07) is 4.94. The molecule has 0 aliphatic heterocycles. The van der Waals surface area contributed by atoms with Crippen molar-refractivity contribution >= 4 is 0 Å². The van der Waals surface area contributed by atoms with Crippen LogP contribution >= 0.6 is 0 Å². The van der Waals surface area contributed by atoms with E-state index in [1.54, 1.807) is 17.1 Å². The van der Waals surface area contributed by atoms with Gasteiger partial charge in [0.15, 0.2) is 17.4 Å². The molecule has 0 radical (unpaired) electrons. The lowest BCUT2D eigenvalue weighted by molar-refractivity contribution is 0.385. The maximum absolute atomic E-state index is 13.6. The standard InChI is InChI=1S/C13H17FN4O/c1-9(15-7-13-16-8-18(2)17-13)10-4-5-12(19-3)11(14)6-10/h4-6,8-9,15H,7H2,1-3H3. The minimum atomic E-state index is -0.357. The fraction of sp³-hybridized carbons (Fsp3) is 0.385. The molecular formula is C13H17FN4O. The van der Waals surface area contributed by atoms with E-state index in [-0.39, 0.29) is 17.6 Å². The highest BCUT2D eigenvalue weighted by Crippen LogP contribution is 2.21. The fourth-order valence-electron chi connectivity index (χ4n) is 1.78. The number of rotatable bonds is 5. The summed E-state index contributed by atoms with van der Waals surface area (Å²) in [5.41, 5.74) is 0.856. The van der Waals surface area contributed by atoms with Crippen LogP contribution in [0.3, 0.4) is 0 Å². The van der Waals surface area contributed by atoms with Gasteiger partial charge in [-0.25, -0.2) is 9.37 Å². The number of nitrogens with zero attached hydrogens (tertiary/aromatic N) is 3. The molecule has 0 aliphatic rings. The van der Waals surface area contributed by atoms with Gasteiger partial charge in [0, 0.05) is 13.1 Å². The number of halogens is 1. The van der Waals surface area contributed by atoms with Gasteiger partial charge in [-0.15, -0.1) is 0 Å². The topological polar surface area (TPSA) is 52.0 Å². The maximum atomic E-state index is 13.6. The molecule has 6 heteroatoms. The zero-order valence-corrected chi connectivity index (χ0v) is 11.2. The molecule has 0 aliphatic carbocycles. The molecule has 5 nitrogen and oxygen atoms in total. The van der Waals surface area contributed by atoms with E-state index in [9.17, 15) is 4.39 Å². The molecule has 0 fully saturated rings. The van der Waals surface area contributed by atoms with Crippen LogP contribution in [0.5, 0.6) is 5.75 Å². The van der Waals surface area contributed by atoms with Crippen LogP contribution in [0.15, 0.2) is 24.5 Å². The van der Waals surface area contributed by atoms with Gasteiger partial charge in [-0.05, 0) is 24.6 Å². The van der Waals surface area contributed by atoms with Gasteiger partial charge in [0.2, 0.25) is 0 Å². The molecule has 102 valence electrons. The van der Waals surface area contributed by atoms with E-state index in [0.29, 0.717) is 12.4 Å². The third-order valence-corrected chi connectivity index (χ3v) is 2.89. The number of hydrogen-bond acceptors (Lipinski definition) is 4. The lowest BCUT2D eigenvalue weighted by Crippen LogP contribution is -2.19. The first kappa shape index (κ1) is 13.5. The van der Waals surface area contributed by atoms with Crippen LogP contribution in [0.4, 0.5) is 4.39 Å². The Hall–Kier alpha value is -1.95. The average molecular weight is 264 g/mol. The molecule has 2 rings (SSSR count). The predicted molar refractivity (Wildman–Crippen MR) is 69.2 cm³/mol. The summed E-state index contributed by atoms with van der Waals surface area (Å²) in [5, 5.41) is 7.42. The van der Waals surface area contributed by atoms with Crippen LogP contribution in [0.2, 0.25) is 0 Å². The van der Waals surface area contributed by atoms with E-state index in [4.69, 9.17) is 4.74 Å². The Bertz CT molecular complexity index is 555. The average Bonchev–Trinajstić information content (AvgIpc) is 2.81. The zero-order chi connectivity index (χ0) is 13.8. The third-order valence-electron chi connectivity index (χ3n) is 2.89. The Kier molecular flexibility index (Phi) is 4.11. The van der Waals surface area contributed by atoms with E-state index in [1.165, 1.54) is 13.2 Å². The van der Waals surface area contributed by atoms with Crippen LogP contribution in [0.25, 0.3) is 0 Å². The number of methoxy groups -OCH3 is 1. The van der Waals surface area contributed by atoms with Crippen LogP contribution in [-0.4, -0.2) is 21.9 Å². The number of nitrogens with one attached hydrogen (secondary N) is 1. The largest absolute Gasteiger partial charge is 0.494 e. The number of aromatic nitrogens is 3. The second kappa shape index (κ2) is 5.79. The highest BCUT2D eigenvalue weighted by molar-refractivity contribution is 5.30. The predicted octanol–water partition coefficient (Wildman–Crippen LogP) is 1.81. The summed E-state index contributed by atoms with van der Waals surface area (Å²) in [6.45, 7) is 2.50. The summed E-state index contributed by atoms with van der Waals surface area (Å²) >= 11 is 0. The highest BCUT2D eigenvalue weighted by atomic mass is 19.1. The first-order valence-corrected chi connectivity index (χ1v) is 6.01. The van der Waals surface area contributed by atoms with Gasteiger partial charge in [0.25, 0.3) is 0 Å². The second-order valence-corrected chi connectivity index (χ2v) is 4.33. The van der Waals surface area contributed by atoms with Crippen molar-refractivity contribution in [2.75, 3.05) is 7.11 Å². The molecule has 19 heavy (non-hydrogen) atoms. The van der Waals surface area contributed by atoms with Crippen molar-refractivity contribution in [2.24, 2.45) is 7.05 Å². The van der Waals surface area contributed by atoms with Crippen molar-refractivity contribution in [2.45, 2.75) is 19.5 Å². The molecule has 0 saturated carbocycles. The minimum Gasteiger partial charge on any atom is -0.494 e. The normalized spacial score (nSPS) is 12.4. The number of benzene rings is 1. The quantitative estimate of drug-likeness (QED) is 0.895. The van der Waals surface area contributed by atoms with Crippen molar-refractivity contribution < 1.29 is 9.13 Å². The van der Waals surface area contributed by atoms with E-state index >= 15 is 0 Å². The number of hydrogen-bond donors (Lipinski definition) is 1. The third kappa shape index (κ3) is 3.29. The summed E-state index contributed by atoms with van der Waals surface area (Å²) in [6.07, 6.45) is 1.65. The molecule has 1 aromatic carbocycles. The SMILES string of the molecule is COc1ccc(C(C)NCc2ncn(C)n2)cc1F. The molecule has 1 unspecified atom stereocenters. The first-order valence-electron chi connectivity index (χ1n) is 6.01. The lowest BCUT2D eigenvalue weighted by Gasteiger charge is -2.14. The lowest BCUT2D eigenvalue weighted by atomic mass is 10.1. The van der Waals surface area contributed by atoms with Gasteiger partial charge < -0.3 is 10.1 Å². The van der Waals surface area contributed by atoms with Crippen LogP contribution in [0.1, 0.15) is 24.4 Å². The van der Waals surface area contributed by atoms with Gasteiger partial charge in [-0.1, -0.05) is 6.07 Å². The molecule has 0 amide bonds. The fourth-order valence-corrected chi connectivity index (χ4v) is 1.78. The first-order chi connectivity index (χ1) is 9.10. The summed E-state index contributed by atoms with van der Waals surface area (Å²) in [4.78, 5) is 4.12. The van der Waals surface area contributed by atoms with E-state index in [0.717, 1.165) is 5.56 Å². The molecule has 1 heterocycles. The van der Waals surface area contributed by atoms with Gasteiger partial charge >= 0.3 is 0 Å². The second-order valence-electron chi connectivity index (χ2n) is 4.33. The molecule has 2 aromatic rings. The Balaban J connectivity index is 1.99. The number of ether oxygens (including phenoxy) is 1. The van der Waals surface area contributed by atoms with Gasteiger partial charge in [-0.2, -0.15) is 5.10 Å². The van der Waals surface area contributed by atoms with E-state index in [1.807, 2.05) is 20.0 Å². The van der Waals surface area contributed by atoms with Crippen molar-refractivity contribution in [1.29, 1.82) is 0 Å². The summed E-state index contributed by atoms with van der Waals surface area (Å²) in [7, 11) is 3.27. The maximum Gasteiger partial charge on any atom is 0.165 e. The molecule has 0 saturated heterocycles. The van der Waals surface area contributed by atoms with Crippen LogP contribution in [0, 0.1) is 5.82 Å². The Labute approximate surface area is 111 Å². The molecule has 1 N–H and O–H groups in total. The monoisotopic (exact) mass is 264 g/mol. The van der Waals surface area contributed by atoms with Crippen LogP contribution in [-0.2, 0) is 13.6 Å². The van der Waals surface area contributed by atoms with Crippen molar-refractivity contribution in [3.8, 4) is 5.75 Å². The van der Waals surface area contributed by atoms with Gasteiger partial charge in [-0.3, -0.25) is 4.68 Å². The molecule has 1 aromatic heterocycles. The van der Waals surface area contributed by atoms with Crippen molar-refractivity contribution in [3.05, 3.63) is 41.7 Å². The number of aryl methyl sites for hydroxylation is 1. The highest BCUT2D eigenvalue weighted by Gasteiger charge is 2.10.